The number of ether oxygens (including phenoxy) is 4. The van der Waals surface area contributed by atoms with Gasteiger partial charge in [0, 0.05) is 38.9 Å². The summed E-state index contributed by atoms with van der Waals surface area (Å²) in [7, 11) is -9.73. The number of phosphoric ester groups is 2. The summed E-state index contributed by atoms with van der Waals surface area (Å²) in [5.74, 6) is -0.964. The Kier molecular flexibility index (Phi) is 74.6. The zero-order valence-corrected chi connectivity index (χ0v) is 65.4. The standard InChI is InChI=1S/C83H142O17P2/c1-3-5-7-9-11-13-15-17-19-21-25-31-37-43-49-55-61-67-82(87)95-76-80(94-72-66-60-54-48-42-36-30-28-34-40-46-52-58-64-70-85)77-98-101(89,90)96-73-79(86)74-97-102(91,92)99-78-81(75-93-71-65-59-53-47-41-35-29-24-23-27-33-39-45-51-57-63-69-84)100-83(88)68-62-56-50-44-38-32-26-22-20-18-16-14-12-10-8-6-4-2/h11-14,17-20,23,25-28,30-32,43-44,49-50,69-70,79-81,86H,3-10,15-16,21-22,24,29,33-42,45-48,51-68,71-78H2,1-2H3,(H,89,90)(H,91,92)/b13-11-,14-12-,19-17-,20-18-,27-23-,30-28-,31-25-,32-26-,49-43-,50-44-/t79-,80-,81-/m1/s1. The Bertz CT molecular complexity index is 2340. The Morgan fingerprint density at radius 2 is 0.618 bits per heavy atom. The zero-order chi connectivity index (χ0) is 74.3. The molecule has 0 heterocycles. The molecule has 0 aromatic carbocycles. The van der Waals surface area contributed by atoms with E-state index in [0.717, 1.165) is 186 Å². The van der Waals surface area contributed by atoms with Gasteiger partial charge in [0.1, 0.15) is 37.5 Å². The van der Waals surface area contributed by atoms with Crippen LogP contribution in [0.1, 0.15) is 309 Å². The molecule has 0 fully saturated rings. The predicted molar refractivity (Wildman–Crippen MR) is 418 cm³/mol. The summed E-state index contributed by atoms with van der Waals surface area (Å²) in [5.41, 5.74) is 0. The molecule has 17 nitrogen and oxygen atoms in total. The number of allylic oxidation sites excluding steroid dienone is 20. The number of carbonyl (C=O) groups excluding carboxylic acids is 4. The largest absolute Gasteiger partial charge is 0.472 e. The van der Waals surface area contributed by atoms with Crippen LogP contribution in [0.15, 0.2) is 122 Å². The maximum absolute atomic E-state index is 13.1. The van der Waals surface area contributed by atoms with Crippen LogP contribution in [-0.2, 0) is 65.4 Å². The zero-order valence-electron chi connectivity index (χ0n) is 63.6. The van der Waals surface area contributed by atoms with E-state index in [1.165, 1.54) is 64.2 Å². The molecule has 19 heteroatoms. The Morgan fingerprint density at radius 3 is 1.00 bits per heavy atom. The number of phosphoric acid groups is 2. The van der Waals surface area contributed by atoms with Crippen LogP contribution in [0.4, 0.5) is 0 Å². The van der Waals surface area contributed by atoms with Gasteiger partial charge in [0.05, 0.1) is 33.0 Å². The molecule has 0 spiro atoms. The number of aldehydes is 2. The summed E-state index contributed by atoms with van der Waals surface area (Å²) >= 11 is 0. The highest BCUT2D eigenvalue weighted by molar-refractivity contribution is 7.47. The van der Waals surface area contributed by atoms with Gasteiger partial charge >= 0.3 is 27.6 Å². The van der Waals surface area contributed by atoms with Gasteiger partial charge in [-0.05, 0) is 167 Å². The molecule has 0 aliphatic rings. The lowest BCUT2D eigenvalue weighted by molar-refractivity contribution is -0.154. The molecule has 0 aromatic rings. The van der Waals surface area contributed by atoms with Gasteiger partial charge in [0.15, 0.2) is 0 Å². The molecule has 0 saturated carbocycles. The maximum atomic E-state index is 13.1. The van der Waals surface area contributed by atoms with Gasteiger partial charge in [0.2, 0.25) is 0 Å². The van der Waals surface area contributed by atoms with E-state index in [1.54, 1.807) is 0 Å². The van der Waals surface area contributed by atoms with Crippen LogP contribution >= 0.6 is 15.6 Å². The van der Waals surface area contributed by atoms with Crippen molar-refractivity contribution in [1.82, 2.24) is 0 Å². The SMILES string of the molecule is CCCCC/C=C\C/C=C\C/C=C\C/C=C\CCCC(=O)OC[C@H](COP(=O)(O)OC[C@@H](O)COP(=O)(O)OC[C@@H](COCCCCCCCCC/C=C\CCCCCCC=O)OC(=O)CCC/C=C\C/C=C\C/C=C\C/C=C\CCCCC)OCCCCCCC/C=C\CCCCCCC=O. The number of rotatable bonds is 78. The molecule has 102 heavy (non-hydrogen) atoms. The second-order valence-corrected chi connectivity index (χ2v) is 29.1. The Hall–Kier alpha value is -4.22. The average Bonchev–Trinajstić information content (AvgIpc) is 0.918. The normalized spacial score (nSPS) is 14.6. The summed E-state index contributed by atoms with van der Waals surface area (Å²) in [6.07, 6.45) is 86.0. The van der Waals surface area contributed by atoms with Gasteiger partial charge in [0.25, 0.3) is 0 Å². The fourth-order valence-electron chi connectivity index (χ4n) is 10.3. The topological polar surface area (TPSA) is 237 Å². The first-order valence-electron chi connectivity index (χ1n) is 39.7. The lowest BCUT2D eigenvalue weighted by atomic mass is 10.1. The van der Waals surface area contributed by atoms with E-state index >= 15 is 0 Å². The lowest BCUT2D eigenvalue weighted by Crippen LogP contribution is -2.29. The third-order valence-electron chi connectivity index (χ3n) is 16.4. The molecule has 0 saturated heterocycles. The molecule has 0 bridgehead atoms. The molecular weight excluding hydrogens is 1330 g/mol. The summed E-state index contributed by atoms with van der Waals surface area (Å²) in [6.45, 7) is 2.10. The van der Waals surface area contributed by atoms with E-state index in [2.05, 4.69) is 123 Å². The van der Waals surface area contributed by atoms with Crippen LogP contribution in [0, 0.1) is 0 Å². The van der Waals surface area contributed by atoms with E-state index in [9.17, 15) is 43.2 Å². The minimum atomic E-state index is -4.88. The predicted octanol–water partition coefficient (Wildman–Crippen LogP) is 22.4. The smallest absolute Gasteiger partial charge is 0.463 e. The van der Waals surface area contributed by atoms with Crippen LogP contribution in [0.5, 0.6) is 0 Å². The highest BCUT2D eigenvalue weighted by Crippen LogP contribution is 2.45. The molecule has 5 atom stereocenters. The number of carbonyl (C=O) groups is 4. The number of aliphatic hydroxyl groups is 1. The van der Waals surface area contributed by atoms with Crippen molar-refractivity contribution in [3.05, 3.63) is 122 Å². The average molecular weight is 1470 g/mol. The first-order valence-corrected chi connectivity index (χ1v) is 42.7. The van der Waals surface area contributed by atoms with Crippen LogP contribution < -0.4 is 0 Å². The quantitative estimate of drug-likeness (QED) is 0.0169. The van der Waals surface area contributed by atoms with Gasteiger partial charge in [-0.2, -0.15) is 0 Å². The number of aliphatic hydroxyl groups excluding tert-OH is 1. The fourth-order valence-corrected chi connectivity index (χ4v) is 11.9. The molecule has 0 rings (SSSR count). The Morgan fingerprint density at radius 1 is 0.324 bits per heavy atom. The second kappa shape index (κ2) is 77.9. The van der Waals surface area contributed by atoms with Crippen molar-refractivity contribution in [2.75, 3.05) is 52.9 Å². The van der Waals surface area contributed by atoms with Crippen LogP contribution in [0.3, 0.4) is 0 Å². The third-order valence-corrected chi connectivity index (χ3v) is 18.3. The first-order chi connectivity index (χ1) is 49.9. The van der Waals surface area contributed by atoms with Crippen molar-refractivity contribution >= 4 is 40.2 Å². The van der Waals surface area contributed by atoms with Crippen molar-refractivity contribution < 1.29 is 80.2 Å². The molecular formula is C83H142O17P2. The second-order valence-electron chi connectivity index (χ2n) is 26.2. The van der Waals surface area contributed by atoms with Crippen LogP contribution in [0.25, 0.3) is 0 Å². The number of esters is 2. The molecule has 0 aromatic heterocycles. The highest BCUT2D eigenvalue weighted by Gasteiger charge is 2.29. The minimum absolute atomic E-state index is 0.0905. The lowest BCUT2D eigenvalue weighted by Gasteiger charge is -2.21. The molecule has 0 radical (unpaired) electrons. The highest BCUT2D eigenvalue weighted by atomic mass is 31.2. The summed E-state index contributed by atoms with van der Waals surface area (Å²) in [5, 5.41) is 10.6. The summed E-state index contributed by atoms with van der Waals surface area (Å²) in [4.78, 5) is 68.1. The van der Waals surface area contributed by atoms with Gasteiger partial charge in [-0.3, -0.25) is 27.7 Å². The molecule has 3 N–H and O–H groups in total. The van der Waals surface area contributed by atoms with Crippen molar-refractivity contribution in [2.24, 2.45) is 0 Å². The fraction of sp³-hybridized carbons (Fsp3) is 0.711. The third kappa shape index (κ3) is 76.9. The molecule has 586 valence electrons. The van der Waals surface area contributed by atoms with E-state index in [-0.39, 0.29) is 32.7 Å². The van der Waals surface area contributed by atoms with E-state index < -0.39 is 72.3 Å². The van der Waals surface area contributed by atoms with E-state index in [4.69, 9.17) is 37.0 Å². The Labute approximate surface area is 619 Å². The summed E-state index contributed by atoms with van der Waals surface area (Å²) < 4.78 is 69.8. The van der Waals surface area contributed by atoms with Gasteiger partial charge in [-0.25, -0.2) is 9.13 Å². The first kappa shape index (κ1) is 97.8. The van der Waals surface area contributed by atoms with Crippen molar-refractivity contribution in [2.45, 2.75) is 328 Å². The molecule has 0 aliphatic heterocycles. The van der Waals surface area contributed by atoms with Gasteiger partial charge < -0.3 is 43.4 Å². The summed E-state index contributed by atoms with van der Waals surface area (Å²) in [6, 6.07) is 0. The van der Waals surface area contributed by atoms with Crippen molar-refractivity contribution in [3.63, 3.8) is 0 Å². The molecule has 2 unspecified atom stereocenters. The van der Waals surface area contributed by atoms with Gasteiger partial charge in [-0.1, -0.05) is 238 Å². The van der Waals surface area contributed by atoms with E-state index in [1.807, 2.05) is 12.2 Å². The van der Waals surface area contributed by atoms with Crippen LogP contribution in [-0.4, -0.2) is 111 Å². The Balaban J connectivity index is 5.32. The molecule has 0 amide bonds. The van der Waals surface area contributed by atoms with Crippen molar-refractivity contribution in [1.29, 1.82) is 0 Å². The number of hydrogen-bond acceptors (Lipinski definition) is 15. The number of unbranched alkanes of at least 4 members (excludes halogenated alkanes) is 30. The van der Waals surface area contributed by atoms with E-state index in [0.29, 0.717) is 51.6 Å². The van der Waals surface area contributed by atoms with Crippen molar-refractivity contribution in [3.8, 4) is 0 Å². The monoisotopic (exact) mass is 1470 g/mol. The van der Waals surface area contributed by atoms with Crippen LogP contribution in [0.2, 0.25) is 0 Å². The molecule has 0 aliphatic carbocycles. The minimum Gasteiger partial charge on any atom is -0.463 e. The maximum Gasteiger partial charge on any atom is 0.472 e. The number of hydrogen-bond donors (Lipinski definition) is 3. The van der Waals surface area contributed by atoms with Gasteiger partial charge in [-0.15, -0.1) is 0 Å².